The molecule has 0 unspecified atom stereocenters. The average Bonchev–Trinajstić information content (AvgIpc) is 2.88. The largest absolute Gasteiger partial charge is 0.493 e. The molecule has 1 aromatic carbocycles. The van der Waals surface area contributed by atoms with Crippen molar-refractivity contribution in [3.05, 3.63) is 42.8 Å². The maximum Gasteiger partial charge on any atom is 0.338 e. The van der Waals surface area contributed by atoms with E-state index in [0.717, 1.165) is 9.13 Å². The van der Waals surface area contributed by atoms with Gasteiger partial charge in [0.05, 0.1) is 22.2 Å². The molecule has 0 saturated heterocycles. The fraction of sp³-hybridized carbons (Fsp3) is 0.267. The van der Waals surface area contributed by atoms with Crippen molar-refractivity contribution in [1.82, 2.24) is 5.16 Å². The SMILES string of the molecule is CCOc1c(I)cc(/C=C\c2onc(C)c2[N+](=O)[O-])cc1OC. The van der Waals surface area contributed by atoms with Crippen LogP contribution in [-0.4, -0.2) is 23.8 Å². The second kappa shape index (κ2) is 7.44. The van der Waals surface area contributed by atoms with Gasteiger partial charge in [0.15, 0.2) is 17.2 Å². The van der Waals surface area contributed by atoms with Crippen molar-refractivity contribution in [2.24, 2.45) is 0 Å². The predicted molar refractivity (Wildman–Crippen MR) is 93.7 cm³/mol. The van der Waals surface area contributed by atoms with Crippen molar-refractivity contribution >= 4 is 40.4 Å². The lowest BCUT2D eigenvalue weighted by Crippen LogP contribution is -1.98. The highest BCUT2D eigenvalue weighted by molar-refractivity contribution is 14.1. The number of ether oxygens (including phenoxy) is 2. The molecule has 0 aliphatic carbocycles. The topological polar surface area (TPSA) is 87.6 Å². The number of nitro groups is 1. The van der Waals surface area contributed by atoms with E-state index in [2.05, 4.69) is 27.7 Å². The first-order chi connectivity index (χ1) is 11.0. The molecule has 23 heavy (non-hydrogen) atoms. The third kappa shape index (κ3) is 3.81. The summed E-state index contributed by atoms with van der Waals surface area (Å²) in [6.45, 7) is 3.96. The first-order valence-electron chi connectivity index (χ1n) is 6.77. The molecule has 0 spiro atoms. The van der Waals surface area contributed by atoms with Crippen molar-refractivity contribution < 1.29 is 18.9 Å². The highest BCUT2D eigenvalue weighted by Crippen LogP contribution is 2.34. The zero-order valence-corrected chi connectivity index (χ0v) is 15.0. The van der Waals surface area contributed by atoms with Crippen LogP contribution in [-0.2, 0) is 0 Å². The molecule has 1 aromatic heterocycles. The molecule has 0 bridgehead atoms. The van der Waals surface area contributed by atoms with Crippen LogP contribution in [0.1, 0.15) is 23.9 Å². The molecule has 0 aliphatic heterocycles. The third-order valence-electron chi connectivity index (χ3n) is 3.01. The van der Waals surface area contributed by atoms with Gasteiger partial charge in [-0.1, -0.05) is 11.2 Å². The molecule has 2 rings (SSSR count). The minimum atomic E-state index is -0.506. The Morgan fingerprint density at radius 3 is 2.78 bits per heavy atom. The molecule has 0 amide bonds. The van der Waals surface area contributed by atoms with Crippen LogP contribution < -0.4 is 9.47 Å². The molecule has 2 aromatic rings. The van der Waals surface area contributed by atoms with E-state index in [0.29, 0.717) is 18.1 Å². The lowest BCUT2D eigenvalue weighted by atomic mass is 10.1. The van der Waals surface area contributed by atoms with E-state index in [1.165, 1.54) is 13.0 Å². The number of aromatic nitrogens is 1. The summed E-state index contributed by atoms with van der Waals surface area (Å²) in [6.07, 6.45) is 3.22. The summed E-state index contributed by atoms with van der Waals surface area (Å²) in [4.78, 5) is 10.5. The van der Waals surface area contributed by atoms with Crippen LogP contribution >= 0.6 is 22.6 Å². The van der Waals surface area contributed by atoms with Gasteiger partial charge in [-0.2, -0.15) is 0 Å². The minimum absolute atomic E-state index is 0.107. The maximum absolute atomic E-state index is 11.0. The van der Waals surface area contributed by atoms with Crippen molar-refractivity contribution in [3.8, 4) is 11.5 Å². The van der Waals surface area contributed by atoms with E-state index < -0.39 is 4.92 Å². The number of nitrogens with zero attached hydrogens (tertiary/aromatic N) is 2. The van der Waals surface area contributed by atoms with Crippen LogP contribution in [0.5, 0.6) is 11.5 Å². The van der Waals surface area contributed by atoms with Gasteiger partial charge in [0, 0.05) is 0 Å². The van der Waals surface area contributed by atoms with E-state index in [-0.39, 0.29) is 17.1 Å². The Labute approximate surface area is 146 Å². The molecule has 122 valence electrons. The monoisotopic (exact) mass is 430 g/mol. The molecule has 0 atom stereocenters. The van der Waals surface area contributed by atoms with Gasteiger partial charge in [0.1, 0.15) is 0 Å². The highest BCUT2D eigenvalue weighted by atomic mass is 127. The summed E-state index contributed by atoms with van der Waals surface area (Å²) in [6, 6.07) is 3.68. The summed E-state index contributed by atoms with van der Waals surface area (Å²) in [7, 11) is 1.56. The number of hydrogen-bond donors (Lipinski definition) is 0. The molecule has 8 heteroatoms. The Morgan fingerprint density at radius 1 is 1.43 bits per heavy atom. The lowest BCUT2D eigenvalue weighted by Gasteiger charge is -2.12. The van der Waals surface area contributed by atoms with Crippen molar-refractivity contribution in [1.29, 1.82) is 0 Å². The number of methoxy groups -OCH3 is 1. The Morgan fingerprint density at radius 2 is 2.17 bits per heavy atom. The zero-order chi connectivity index (χ0) is 17.0. The second-order valence-electron chi connectivity index (χ2n) is 4.54. The maximum atomic E-state index is 11.0. The Hall–Kier alpha value is -2.10. The predicted octanol–water partition coefficient (Wildman–Crippen LogP) is 4.07. The molecule has 0 radical (unpaired) electrons. The Balaban J connectivity index is 2.37. The summed E-state index contributed by atoms with van der Waals surface area (Å²) in [5, 5.41) is 14.6. The normalized spacial score (nSPS) is 11.0. The molecule has 1 heterocycles. The number of rotatable bonds is 6. The van der Waals surface area contributed by atoms with Crippen molar-refractivity contribution in [3.63, 3.8) is 0 Å². The fourth-order valence-corrected chi connectivity index (χ4v) is 2.79. The smallest absolute Gasteiger partial charge is 0.338 e. The minimum Gasteiger partial charge on any atom is -0.493 e. The van der Waals surface area contributed by atoms with Gasteiger partial charge in [-0.15, -0.1) is 0 Å². The Kier molecular flexibility index (Phi) is 5.59. The van der Waals surface area contributed by atoms with Gasteiger partial charge in [-0.3, -0.25) is 10.1 Å². The summed E-state index contributed by atoms with van der Waals surface area (Å²) >= 11 is 2.15. The summed E-state index contributed by atoms with van der Waals surface area (Å²) < 4.78 is 16.8. The molecule has 0 fully saturated rings. The van der Waals surface area contributed by atoms with Gasteiger partial charge in [0.25, 0.3) is 0 Å². The van der Waals surface area contributed by atoms with Crippen molar-refractivity contribution in [2.45, 2.75) is 13.8 Å². The average molecular weight is 430 g/mol. The van der Waals surface area contributed by atoms with Crippen LogP contribution in [0.3, 0.4) is 0 Å². The highest BCUT2D eigenvalue weighted by Gasteiger charge is 2.22. The van der Waals surface area contributed by atoms with Crippen LogP contribution in [0, 0.1) is 20.6 Å². The molecule has 0 aliphatic rings. The van der Waals surface area contributed by atoms with Crippen LogP contribution in [0.4, 0.5) is 5.69 Å². The van der Waals surface area contributed by atoms with E-state index in [4.69, 9.17) is 14.0 Å². The van der Waals surface area contributed by atoms with E-state index in [9.17, 15) is 10.1 Å². The van der Waals surface area contributed by atoms with Gasteiger partial charge in [-0.05, 0) is 60.2 Å². The number of hydrogen-bond acceptors (Lipinski definition) is 6. The third-order valence-corrected chi connectivity index (χ3v) is 3.81. The first-order valence-corrected chi connectivity index (χ1v) is 7.84. The number of aryl methyl sites for hydroxylation is 1. The molecular formula is C15H15IN2O5. The second-order valence-corrected chi connectivity index (χ2v) is 5.70. The van der Waals surface area contributed by atoms with Crippen LogP contribution in [0.25, 0.3) is 12.2 Å². The molecular weight excluding hydrogens is 415 g/mol. The van der Waals surface area contributed by atoms with E-state index >= 15 is 0 Å². The van der Waals surface area contributed by atoms with Gasteiger partial charge in [-0.25, -0.2) is 0 Å². The zero-order valence-electron chi connectivity index (χ0n) is 12.8. The number of halogens is 1. The van der Waals surface area contributed by atoms with E-state index in [1.807, 2.05) is 13.0 Å². The standard InChI is InChI=1S/C15H15IN2O5/c1-4-22-15-11(16)7-10(8-13(15)21-3)5-6-12-14(18(19)20)9(2)17-23-12/h5-8H,4H2,1-3H3/b6-5-. The van der Waals surface area contributed by atoms with Gasteiger partial charge < -0.3 is 14.0 Å². The van der Waals surface area contributed by atoms with Crippen molar-refractivity contribution in [2.75, 3.05) is 13.7 Å². The van der Waals surface area contributed by atoms with Gasteiger partial charge in [0.2, 0.25) is 5.76 Å². The molecule has 0 N–H and O–H groups in total. The number of benzene rings is 1. The van der Waals surface area contributed by atoms with Crippen LogP contribution in [0.15, 0.2) is 16.7 Å². The fourth-order valence-electron chi connectivity index (χ4n) is 2.01. The van der Waals surface area contributed by atoms with Gasteiger partial charge >= 0.3 is 5.69 Å². The Bertz CT molecular complexity index is 755. The van der Waals surface area contributed by atoms with E-state index in [1.54, 1.807) is 19.3 Å². The molecule has 7 nitrogen and oxygen atoms in total. The lowest BCUT2D eigenvalue weighted by molar-refractivity contribution is -0.386. The summed E-state index contributed by atoms with van der Waals surface area (Å²) in [5.41, 5.74) is 0.917. The first kappa shape index (κ1) is 17.3. The molecule has 0 saturated carbocycles. The van der Waals surface area contributed by atoms with Crippen LogP contribution in [0.2, 0.25) is 0 Å². The quantitative estimate of drug-likeness (QED) is 0.390. The summed E-state index contributed by atoms with van der Waals surface area (Å²) in [5.74, 6) is 1.38.